The zero-order chi connectivity index (χ0) is 19.1. The van der Waals surface area contributed by atoms with E-state index in [9.17, 15) is 15.0 Å². The molecule has 0 radical (unpaired) electrons. The zero-order valence-electron chi connectivity index (χ0n) is 15.7. The maximum atomic E-state index is 12.5. The van der Waals surface area contributed by atoms with Crippen LogP contribution in [0.15, 0.2) is 35.1 Å². The first-order valence-electron chi connectivity index (χ1n) is 9.02. The Morgan fingerprint density at radius 2 is 1.89 bits per heavy atom. The second kappa shape index (κ2) is 7.69. The number of phenols is 2. The lowest BCUT2D eigenvalue weighted by molar-refractivity contribution is 0.444. The van der Waals surface area contributed by atoms with E-state index in [-0.39, 0.29) is 35.5 Å². The van der Waals surface area contributed by atoms with Gasteiger partial charge in [0, 0.05) is 12.6 Å². The molecule has 0 bridgehead atoms. The highest BCUT2D eigenvalue weighted by atomic mass is 35.5. The third kappa shape index (κ3) is 3.39. The van der Waals surface area contributed by atoms with Gasteiger partial charge in [-0.2, -0.15) is 5.10 Å². The molecule has 0 fully saturated rings. The number of aromatic nitrogens is 3. The number of nitrogens with one attached hydrogen (secondary N) is 2. The van der Waals surface area contributed by atoms with Crippen molar-refractivity contribution in [1.82, 2.24) is 20.1 Å². The van der Waals surface area contributed by atoms with Gasteiger partial charge in [0.2, 0.25) is 0 Å². The van der Waals surface area contributed by atoms with E-state index >= 15 is 0 Å². The molecule has 1 aliphatic heterocycles. The second-order valence-corrected chi connectivity index (χ2v) is 7.15. The summed E-state index contributed by atoms with van der Waals surface area (Å²) in [5.41, 5.74) is 3.79. The molecule has 2 heterocycles. The molecule has 148 valence electrons. The molecule has 0 amide bonds. The van der Waals surface area contributed by atoms with Crippen LogP contribution in [-0.4, -0.2) is 31.5 Å². The predicted molar refractivity (Wildman–Crippen MR) is 110 cm³/mol. The highest BCUT2D eigenvalue weighted by Crippen LogP contribution is 2.37. The third-order valence-electron chi connectivity index (χ3n) is 5.01. The van der Waals surface area contributed by atoms with E-state index in [1.54, 1.807) is 6.07 Å². The highest BCUT2D eigenvalue weighted by molar-refractivity contribution is 5.85. The van der Waals surface area contributed by atoms with Gasteiger partial charge < -0.3 is 15.5 Å². The molecule has 1 aromatic heterocycles. The Kier molecular flexibility index (Phi) is 5.49. The number of H-pyrrole nitrogens is 1. The summed E-state index contributed by atoms with van der Waals surface area (Å²) in [4.78, 5) is 12.5. The quantitative estimate of drug-likeness (QED) is 0.539. The molecule has 0 aliphatic carbocycles. The molecule has 28 heavy (non-hydrogen) atoms. The van der Waals surface area contributed by atoms with Crippen molar-refractivity contribution in [1.29, 1.82) is 0 Å². The summed E-state index contributed by atoms with van der Waals surface area (Å²) in [5.74, 6) is 0.258. The average molecular weight is 403 g/mol. The van der Waals surface area contributed by atoms with Gasteiger partial charge in [-0.1, -0.05) is 19.9 Å². The van der Waals surface area contributed by atoms with Gasteiger partial charge in [0.25, 0.3) is 0 Å². The second-order valence-electron chi connectivity index (χ2n) is 7.15. The number of rotatable bonds is 3. The van der Waals surface area contributed by atoms with E-state index in [1.165, 1.54) is 16.2 Å². The maximum absolute atomic E-state index is 12.5. The Labute approximate surface area is 168 Å². The van der Waals surface area contributed by atoms with E-state index in [4.69, 9.17) is 0 Å². The molecule has 7 nitrogen and oxygen atoms in total. The van der Waals surface area contributed by atoms with Gasteiger partial charge in [0.15, 0.2) is 5.82 Å². The number of benzene rings is 2. The van der Waals surface area contributed by atoms with Gasteiger partial charge in [-0.25, -0.2) is 14.5 Å². The third-order valence-corrected chi connectivity index (χ3v) is 5.01. The fourth-order valence-corrected chi connectivity index (χ4v) is 3.56. The Balaban J connectivity index is 0.00000225. The maximum Gasteiger partial charge on any atom is 0.348 e. The number of fused-ring (bicyclic) bond motifs is 1. The minimum Gasteiger partial charge on any atom is -0.508 e. The molecule has 8 heteroatoms. The molecular weight excluding hydrogens is 380 g/mol. The van der Waals surface area contributed by atoms with Gasteiger partial charge in [0.05, 0.1) is 11.3 Å². The van der Waals surface area contributed by atoms with Gasteiger partial charge in [-0.15, -0.1) is 12.4 Å². The number of nitrogens with zero attached hydrogens (tertiary/aromatic N) is 2. The van der Waals surface area contributed by atoms with Crippen molar-refractivity contribution in [2.75, 3.05) is 6.54 Å². The Morgan fingerprint density at radius 1 is 1.11 bits per heavy atom. The molecule has 4 rings (SSSR count). The van der Waals surface area contributed by atoms with Crippen LogP contribution in [0.3, 0.4) is 0 Å². The molecule has 2 aromatic carbocycles. The largest absolute Gasteiger partial charge is 0.508 e. The van der Waals surface area contributed by atoms with Gasteiger partial charge in [0.1, 0.15) is 11.5 Å². The van der Waals surface area contributed by atoms with Crippen molar-refractivity contribution < 1.29 is 10.2 Å². The summed E-state index contributed by atoms with van der Waals surface area (Å²) < 4.78 is 1.45. The first kappa shape index (κ1) is 20.0. The van der Waals surface area contributed by atoms with E-state index in [2.05, 4.69) is 15.5 Å². The summed E-state index contributed by atoms with van der Waals surface area (Å²) in [7, 11) is 0. The fourth-order valence-electron chi connectivity index (χ4n) is 3.56. The Bertz CT molecular complexity index is 1070. The molecule has 4 N–H and O–H groups in total. The minimum absolute atomic E-state index is 0. The lowest BCUT2D eigenvalue weighted by atomic mass is 9.98. The molecule has 0 saturated carbocycles. The minimum atomic E-state index is -0.382. The first-order valence-corrected chi connectivity index (χ1v) is 9.02. The SMILES string of the molecule is CC(C)c1cc(-c2n[nH]c(=O)n2-c2ccc3c(c2)CNCC3)c(O)cc1O.Cl. The molecule has 0 saturated heterocycles. The van der Waals surface area contributed by atoms with Crippen LogP contribution in [0.4, 0.5) is 0 Å². The van der Waals surface area contributed by atoms with Crippen molar-refractivity contribution in [2.45, 2.75) is 32.7 Å². The molecule has 0 spiro atoms. The van der Waals surface area contributed by atoms with Gasteiger partial charge >= 0.3 is 5.69 Å². The van der Waals surface area contributed by atoms with E-state index in [0.29, 0.717) is 22.6 Å². The van der Waals surface area contributed by atoms with Crippen LogP contribution in [0.5, 0.6) is 11.5 Å². The molecule has 0 unspecified atom stereocenters. The zero-order valence-corrected chi connectivity index (χ0v) is 16.5. The van der Waals surface area contributed by atoms with Crippen molar-refractivity contribution in [3.05, 3.63) is 57.5 Å². The lowest BCUT2D eigenvalue weighted by Crippen LogP contribution is -2.24. The van der Waals surface area contributed by atoms with Crippen LogP contribution in [0.25, 0.3) is 17.1 Å². The van der Waals surface area contributed by atoms with Crippen LogP contribution >= 0.6 is 12.4 Å². The summed E-state index contributed by atoms with van der Waals surface area (Å²) in [6, 6.07) is 8.88. The van der Waals surface area contributed by atoms with E-state index in [1.807, 2.05) is 32.0 Å². The number of halogens is 1. The summed E-state index contributed by atoms with van der Waals surface area (Å²) in [6.07, 6.45) is 0.958. The van der Waals surface area contributed by atoms with Crippen LogP contribution in [0.1, 0.15) is 36.5 Å². The Morgan fingerprint density at radius 3 is 2.64 bits per heavy atom. The van der Waals surface area contributed by atoms with Crippen molar-refractivity contribution in [3.63, 3.8) is 0 Å². The van der Waals surface area contributed by atoms with Gasteiger partial charge in [-0.3, -0.25) is 0 Å². The summed E-state index contributed by atoms with van der Waals surface area (Å²) in [6.45, 7) is 5.60. The number of aromatic hydroxyl groups is 2. The average Bonchev–Trinajstić information content (AvgIpc) is 3.02. The van der Waals surface area contributed by atoms with Crippen LogP contribution < -0.4 is 11.0 Å². The molecule has 1 aliphatic rings. The standard InChI is InChI=1S/C20H22N4O3.ClH/c1-11(2)15-8-16(18(26)9-17(15)25)19-22-23-20(27)24(19)14-4-3-12-5-6-21-10-13(12)7-14;/h3-4,7-9,11,21,25-26H,5-6,10H2,1-2H3,(H,23,27);1H. The number of hydrogen-bond acceptors (Lipinski definition) is 5. The Hall–Kier alpha value is -2.77. The normalized spacial score (nSPS) is 13.2. The van der Waals surface area contributed by atoms with Crippen LogP contribution in [0.2, 0.25) is 0 Å². The van der Waals surface area contributed by atoms with Crippen molar-refractivity contribution in [2.24, 2.45) is 0 Å². The summed E-state index contributed by atoms with van der Waals surface area (Å²) >= 11 is 0. The van der Waals surface area contributed by atoms with Gasteiger partial charge in [-0.05, 0) is 53.8 Å². The smallest absolute Gasteiger partial charge is 0.348 e. The summed E-state index contributed by atoms with van der Waals surface area (Å²) in [5, 5.41) is 30.4. The van der Waals surface area contributed by atoms with Crippen LogP contribution in [-0.2, 0) is 13.0 Å². The van der Waals surface area contributed by atoms with E-state index in [0.717, 1.165) is 25.1 Å². The molecule has 0 atom stereocenters. The molecular formula is C20H23ClN4O3. The number of phenolic OH excluding ortho intramolecular Hbond substituents is 2. The van der Waals surface area contributed by atoms with Crippen molar-refractivity contribution in [3.8, 4) is 28.6 Å². The fraction of sp³-hybridized carbons (Fsp3) is 0.300. The first-order chi connectivity index (χ1) is 13.0. The monoisotopic (exact) mass is 402 g/mol. The topological polar surface area (TPSA) is 103 Å². The number of hydrogen-bond donors (Lipinski definition) is 4. The van der Waals surface area contributed by atoms with Crippen LogP contribution in [0, 0.1) is 0 Å². The highest BCUT2D eigenvalue weighted by Gasteiger charge is 2.20. The predicted octanol–water partition coefficient (Wildman–Crippen LogP) is 2.83. The van der Waals surface area contributed by atoms with Crippen molar-refractivity contribution >= 4 is 12.4 Å². The van der Waals surface area contributed by atoms with E-state index < -0.39 is 0 Å². The lowest BCUT2D eigenvalue weighted by Gasteiger charge is -2.18. The molecule has 3 aromatic rings. The number of aromatic amines is 1.